The number of nitrogens with one attached hydrogen (secondary N) is 1. The van der Waals surface area contributed by atoms with Crippen LogP contribution in [0.2, 0.25) is 0 Å². The van der Waals surface area contributed by atoms with Crippen LogP contribution in [-0.4, -0.2) is 71.8 Å². The zero-order valence-electron chi connectivity index (χ0n) is 19.0. The Hall–Kier alpha value is -2.41. The average molecular weight is 430 g/mol. The molecule has 31 heavy (non-hydrogen) atoms. The van der Waals surface area contributed by atoms with Crippen LogP contribution < -0.4 is 10.1 Å². The number of fused-ring (bicyclic) bond motifs is 1. The van der Waals surface area contributed by atoms with E-state index in [1.54, 1.807) is 17.9 Å². The number of para-hydroxylation sites is 1. The number of carbonyl (C=O) groups is 3. The van der Waals surface area contributed by atoms with Gasteiger partial charge in [-0.2, -0.15) is 0 Å². The molecule has 1 aromatic carbocycles. The number of Topliss-reactive ketones (excluding diaryl/α,β-unsaturated/α-hetero) is 1. The van der Waals surface area contributed by atoms with E-state index in [1.807, 2.05) is 18.2 Å². The Bertz CT molecular complexity index is 808. The van der Waals surface area contributed by atoms with Crippen LogP contribution in [0.15, 0.2) is 24.3 Å². The lowest BCUT2D eigenvalue weighted by molar-refractivity contribution is -0.139. The number of nitrogens with zero attached hydrogens (tertiary/aromatic N) is 2. The van der Waals surface area contributed by atoms with Gasteiger partial charge in [0, 0.05) is 25.9 Å². The molecule has 1 fully saturated rings. The van der Waals surface area contributed by atoms with Gasteiger partial charge in [-0.25, -0.2) is 0 Å². The smallest absolute Gasteiger partial charge is 0.242 e. The number of amides is 2. The molecule has 7 heteroatoms. The zero-order chi connectivity index (χ0) is 22.4. The second-order valence-corrected chi connectivity index (χ2v) is 8.57. The van der Waals surface area contributed by atoms with Crippen LogP contribution in [0.4, 0.5) is 0 Å². The van der Waals surface area contributed by atoms with E-state index in [2.05, 4.69) is 24.1 Å². The van der Waals surface area contributed by atoms with Gasteiger partial charge in [-0.3, -0.25) is 14.4 Å². The van der Waals surface area contributed by atoms with Crippen LogP contribution in [-0.2, 0) is 9.59 Å². The highest BCUT2D eigenvalue weighted by Gasteiger charge is 2.44. The summed E-state index contributed by atoms with van der Waals surface area (Å²) in [6, 6.07) is 6.74. The minimum absolute atomic E-state index is 0.0572. The number of hydrogen-bond donors (Lipinski definition) is 1. The topological polar surface area (TPSA) is 79.0 Å². The molecule has 3 rings (SSSR count). The second-order valence-electron chi connectivity index (χ2n) is 8.57. The van der Waals surface area contributed by atoms with Crippen molar-refractivity contribution in [2.75, 3.05) is 32.7 Å². The van der Waals surface area contributed by atoms with Crippen molar-refractivity contribution in [3.8, 4) is 5.75 Å². The van der Waals surface area contributed by atoms with Gasteiger partial charge in [0.05, 0.1) is 12.0 Å². The van der Waals surface area contributed by atoms with Crippen LogP contribution in [0.3, 0.4) is 0 Å². The molecule has 7 nitrogen and oxygen atoms in total. The van der Waals surface area contributed by atoms with E-state index < -0.39 is 11.6 Å². The summed E-state index contributed by atoms with van der Waals surface area (Å²) in [6.45, 7) is 9.98. The van der Waals surface area contributed by atoms with Crippen molar-refractivity contribution < 1.29 is 19.1 Å². The first-order valence-corrected chi connectivity index (χ1v) is 11.5. The fourth-order valence-corrected chi connectivity index (χ4v) is 4.53. The maximum absolute atomic E-state index is 12.8. The number of hydrogen-bond acceptors (Lipinski definition) is 5. The fraction of sp³-hybridized carbons (Fsp3) is 0.625. The lowest BCUT2D eigenvalue weighted by atomic mass is 9.84. The van der Waals surface area contributed by atoms with Crippen LogP contribution in [0.5, 0.6) is 5.75 Å². The molecule has 1 saturated heterocycles. The number of ether oxygens (including phenoxy) is 1. The maximum Gasteiger partial charge on any atom is 0.242 e. The van der Waals surface area contributed by atoms with E-state index in [0.717, 1.165) is 26.1 Å². The molecule has 2 heterocycles. The third-order valence-electron chi connectivity index (χ3n) is 6.61. The largest absolute Gasteiger partial charge is 0.486 e. The molecule has 1 N–H and O–H groups in total. The molecule has 2 aliphatic heterocycles. The van der Waals surface area contributed by atoms with E-state index >= 15 is 0 Å². The molecular weight excluding hydrogens is 394 g/mol. The van der Waals surface area contributed by atoms with Gasteiger partial charge >= 0.3 is 0 Å². The standard InChI is InChI=1S/C24H35N3O4/c1-4-26(5-2)15-8-14-25-23(30)18(3)27-16-13-24(12-11-22(27)29)17-20(28)19-9-6-7-10-21(19)31-24/h6-7,9-10,18H,4-5,8,11-17H2,1-3H3,(H,25,30)/t18-,24-/m1/s1. The fourth-order valence-electron chi connectivity index (χ4n) is 4.53. The van der Waals surface area contributed by atoms with E-state index in [1.165, 1.54) is 0 Å². The molecule has 2 aliphatic rings. The highest BCUT2D eigenvalue weighted by atomic mass is 16.5. The van der Waals surface area contributed by atoms with Gasteiger partial charge in [-0.15, -0.1) is 0 Å². The number of benzene rings is 1. The lowest BCUT2D eigenvalue weighted by Gasteiger charge is -2.37. The number of likely N-dealkylation sites (tertiary alicyclic amines) is 1. The Morgan fingerprint density at radius 2 is 1.97 bits per heavy atom. The third kappa shape index (κ3) is 5.45. The SMILES string of the molecule is CCN(CC)CCCNC(=O)[C@@H](C)N1CC[C@]2(CCC1=O)CC(=O)c1ccccc1O2. The minimum atomic E-state index is -0.671. The molecule has 0 unspecified atom stereocenters. The molecule has 1 aromatic rings. The van der Waals surface area contributed by atoms with Crippen molar-refractivity contribution in [2.24, 2.45) is 0 Å². The molecule has 0 aromatic heterocycles. The van der Waals surface area contributed by atoms with Crippen molar-refractivity contribution in [3.05, 3.63) is 29.8 Å². The Labute approximate surface area is 185 Å². The van der Waals surface area contributed by atoms with Crippen molar-refractivity contribution in [3.63, 3.8) is 0 Å². The quantitative estimate of drug-likeness (QED) is 0.643. The summed E-state index contributed by atoms with van der Waals surface area (Å²) >= 11 is 0. The summed E-state index contributed by atoms with van der Waals surface area (Å²) in [5, 5.41) is 2.97. The zero-order valence-corrected chi connectivity index (χ0v) is 19.0. The molecule has 170 valence electrons. The van der Waals surface area contributed by atoms with Gasteiger partial charge in [0.25, 0.3) is 0 Å². The monoisotopic (exact) mass is 429 g/mol. The van der Waals surface area contributed by atoms with Crippen molar-refractivity contribution in [1.29, 1.82) is 0 Å². The molecular formula is C24H35N3O4. The Balaban J connectivity index is 1.57. The molecule has 0 radical (unpaired) electrons. The van der Waals surface area contributed by atoms with Crippen molar-refractivity contribution in [1.82, 2.24) is 15.1 Å². The minimum Gasteiger partial charge on any atom is -0.486 e. The summed E-state index contributed by atoms with van der Waals surface area (Å²) in [5.74, 6) is 0.466. The lowest BCUT2D eigenvalue weighted by Crippen LogP contribution is -2.49. The van der Waals surface area contributed by atoms with Crippen LogP contribution in [0, 0.1) is 0 Å². The first kappa shape index (κ1) is 23.3. The number of rotatable bonds is 8. The molecule has 1 spiro atoms. The summed E-state index contributed by atoms with van der Waals surface area (Å²) in [5.41, 5.74) is -0.0616. The predicted octanol–water partition coefficient (Wildman–Crippen LogP) is 2.64. The average Bonchev–Trinajstić information content (AvgIpc) is 2.92. The van der Waals surface area contributed by atoms with E-state index in [9.17, 15) is 14.4 Å². The van der Waals surface area contributed by atoms with Gasteiger partial charge in [0.15, 0.2) is 5.78 Å². The normalized spacial score (nSPS) is 22.1. The van der Waals surface area contributed by atoms with Gasteiger partial charge < -0.3 is 19.9 Å². The van der Waals surface area contributed by atoms with E-state index in [4.69, 9.17) is 4.74 Å². The van der Waals surface area contributed by atoms with Gasteiger partial charge in [0.1, 0.15) is 17.4 Å². The summed E-state index contributed by atoms with van der Waals surface area (Å²) in [6.07, 6.45) is 2.46. The Morgan fingerprint density at radius 3 is 2.71 bits per heavy atom. The van der Waals surface area contributed by atoms with Gasteiger partial charge in [-0.1, -0.05) is 26.0 Å². The Morgan fingerprint density at radius 1 is 1.23 bits per heavy atom. The molecule has 0 aliphatic carbocycles. The first-order chi connectivity index (χ1) is 14.9. The van der Waals surface area contributed by atoms with E-state index in [0.29, 0.717) is 37.2 Å². The molecule has 0 saturated carbocycles. The first-order valence-electron chi connectivity index (χ1n) is 11.5. The highest BCUT2D eigenvalue weighted by Crippen LogP contribution is 2.39. The third-order valence-corrected chi connectivity index (χ3v) is 6.61. The van der Waals surface area contributed by atoms with Crippen LogP contribution in [0.25, 0.3) is 0 Å². The summed E-state index contributed by atoms with van der Waals surface area (Å²) in [4.78, 5) is 42.1. The van der Waals surface area contributed by atoms with Gasteiger partial charge in [-0.05, 0) is 51.5 Å². The summed E-state index contributed by atoms with van der Waals surface area (Å²) in [7, 11) is 0. The number of carbonyl (C=O) groups excluding carboxylic acids is 3. The highest BCUT2D eigenvalue weighted by molar-refractivity contribution is 6.00. The van der Waals surface area contributed by atoms with Gasteiger partial charge in [0.2, 0.25) is 11.8 Å². The number of ketones is 1. The van der Waals surface area contributed by atoms with Crippen LogP contribution in [0.1, 0.15) is 63.2 Å². The molecule has 2 atom stereocenters. The molecule has 0 bridgehead atoms. The predicted molar refractivity (Wildman–Crippen MR) is 119 cm³/mol. The van der Waals surface area contributed by atoms with Crippen molar-refractivity contribution >= 4 is 17.6 Å². The van der Waals surface area contributed by atoms with Crippen molar-refractivity contribution in [2.45, 2.75) is 64.5 Å². The second kappa shape index (κ2) is 10.3. The summed E-state index contributed by atoms with van der Waals surface area (Å²) < 4.78 is 6.27. The van der Waals surface area contributed by atoms with Crippen LogP contribution >= 0.6 is 0 Å². The molecule has 2 amide bonds. The van der Waals surface area contributed by atoms with E-state index in [-0.39, 0.29) is 30.4 Å². The Kier molecular flexibility index (Phi) is 7.70. The maximum atomic E-state index is 12.8.